The predicted octanol–water partition coefficient (Wildman–Crippen LogP) is 5.41. The van der Waals surface area contributed by atoms with Crippen LogP contribution < -0.4 is 5.32 Å². The molecule has 0 spiro atoms. The fourth-order valence-electron chi connectivity index (χ4n) is 3.36. The summed E-state index contributed by atoms with van der Waals surface area (Å²) in [5.74, 6) is -1.51. The number of carbonyl (C=O) groups excluding carboxylic acids is 1. The summed E-state index contributed by atoms with van der Waals surface area (Å²) in [6.45, 7) is 5.67. The lowest BCUT2D eigenvalue weighted by Gasteiger charge is -2.13. The Morgan fingerprint density at radius 3 is 2.52 bits per heavy atom. The van der Waals surface area contributed by atoms with E-state index in [0.29, 0.717) is 11.3 Å². The van der Waals surface area contributed by atoms with Gasteiger partial charge in [-0.25, -0.2) is 4.79 Å². The third-order valence-corrected chi connectivity index (χ3v) is 5.41. The number of hydrogen-bond donors (Lipinski definition) is 2. The summed E-state index contributed by atoms with van der Waals surface area (Å²) >= 11 is 3.35. The molecule has 0 bridgehead atoms. The quantitative estimate of drug-likeness (QED) is 0.379. The van der Waals surface area contributed by atoms with Crippen LogP contribution in [0.15, 0.2) is 58.6 Å². The Morgan fingerprint density at radius 2 is 1.87 bits per heavy atom. The molecule has 2 N–H and O–H groups in total. The molecular weight excluding hydrogens is 458 g/mol. The molecule has 0 atom stereocenters. The van der Waals surface area contributed by atoms with E-state index in [1.54, 1.807) is 42.5 Å². The van der Waals surface area contributed by atoms with Crippen LogP contribution in [0, 0.1) is 32.1 Å². The second-order valence-electron chi connectivity index (χ2n) is 7.10. The summed E-state index contributed by atoms with van der Waals surface area (Å²) in [4.78, 5) is 24.0. The maximum Gasteiger partial charge on any atom is 0.335 e. The Balaban J connectivity index is 2.00. The number of amides is 1. The first-order chi connectivity index (χ1) is 14.7. The van der Waals surface area contributed by atoms with Crippen LogP contribution in [0.3, 0.4) is 0 Å². The van der Waals surface area contributed by atoms with Crippen molar-refractivity contribution in [1.82, 2.24) is 4.57 Å². The van der Waals surface area contributed by atoms with Gasteiger partial charge in [0.2, 0.25) is 0 Å². The molecule has 0 saturated heterocycles. The average Bonchev–Trinajstić information content (AvgIpc) is 2.99. The summed E-state index contributed by atoms with van der Waals surface area (Å²) in [6, 6.07) is 15.9. The molecule has 0 aliphatic carbocycles. The van der Waals surface area contributed by atoms with Crippen molar-refractivity contribution in [2.24, 2.45) is 0 Å². The lowest BCUT2D eigenvalue weighted by atomic mass is 10.1. The van der Waals surface area contributed by atoms with Crippen LogP contribution in [-0.2, 0) is 4.79 Å². The number of nitrogens with zero attached hydrogens (tertiary/aromatic N) is 2. The van der Waals surface area contributed by atoms with E-state index in [4.69, 9.17) is 0 Å². The predicted molar refractivity (Wildman–Crippen MR) is 123 cm³/mol. The molecule has 1 amide bonds. The van der Waals surface area contributed by atoms with E-state index >= 15 is 0 Å². The average molecular weight is 478 g/mol. The van der Waals surface area contributed by atoms with Gasteiger partial charge in [-0.15, -0.1) is 0 Å². The van der Waals surface area contributed by atoms with Crippen LogP contribution in [-0.4, -0.2) is 21.6 Å². The van der Waals surface area contributed by atoms with E-state index in [2.05, 4.69) is 21.2 Å². The van der Waals surface area contributed by atoms with Gasteiger partial charge in [0.1, 0.15) is 11.6 Å². The monoisotopic (exact) mass is 477 g/mol. The van der Waals surface area contributed by atoms with Crippen LogP contribution >= 0.6 is 15.9 Å². The maximum atomic E-state index is 12.6. The van der Waals surface area contributed by atoms with E-state index in [1.165, 1.54) is 0 Å². The van der Waals surface area contributed by atoms with Crippen LogP contribution in [0.1, 0.15) is 32.9 Å². The van der Waals surface area contributed by atoms with Gasteiger partial charge >= 0.3 is 5.97 Å². The highest BCUT2D eigenvalue weighted by atomic mass is 79.9. The minimum atomic E-state index is -1.00. The number of hydrogen-bond acceptors (Lipinski definition) is 3. The fourth-order valence-corrected chi connectivity index (χ4v) is 3.76. The first-order valence-electron chi connectivity index (χ1n) is 9.43. The summed E-state index contributed by atoms with van der Waals surface area (Å²) in [5, 5.41) is 21.6. The lowest BCUT2D eigenvalue weighted by molar-refractivity contribution is -0.112. The Kier molecular flexibility index (Phi) is 6.42. The van der Waals surface area contributed by atoms with Crippen LogP contribution in [0.25, 0.3) is 11.8 Å². The minimum Gasteiger partial charge on any atom is -0.478 e. The Morgan fingerprint density at radius 1 is 1.13 bits per heavy atom. The van der Waals surface area contributed by atoms with E-state index in [-0.39, 0.29) is 11.1 Å². The number of halogens is 1. The zero-order valence-electron chi connectivity index (χ0n) is 17.2. The number of nitrogens with one attached hydrogen (secondary N) is 1. The molecule has 0 aliphatic rings. The van der Waals surface area contributed by atoms with Gasteiger partial charge < -0.3 is 15.0 Å². The molecule has 156 valence electrons. The first-order valence-corrected chi connectivity index (χ1v) is 10.2. The largest absolute Gasteiger partial charge is 0.478 e. The van der Waals surface area contributed by atoms with E-state index in [1.807, 2.05) is 43.5 Å². The summed E-state index contributed by atoms with van der Waals surface area (Å²) in [6.07, 6.45) is 1.54. The van der Waals surface area contributed by atoms with Crippen LogP contribution in [0.2, 0.25) is 0 Å². The molecule has 31 heavy (non-hydrogen) atoms. The van der Waals surface area contributed by atoms with Crippen molar-refractivity contribution in [3.05, 3.63) is 86.7 Å². The number of anilines is 1. The molecule has 6 nitrogen and oxygen atoms in total. The van der Waals surface area contributed by atoms with Gasteiger partial charge in [0.25, 0.3) is 5.91 Å². The lowest BCUT2D eigenvalue weighted by Crippen LogP contribution is -2.13. The van der Waals surface area contributed by atoms with Gasteiger partial charge in [-0.2, -0.15) is 5.26 Å². The second-order valence-corrected chi connectivity index (χ2v) is 8.02. The number of carboxylic acid groups (broad SMARTS) is 1. The van der Waals surface area contributed by atoms with Crippen molar-refractivity contribution >= 4 is 39.6 Å². The number of aromatic nitrogens is 1. The number of rotatable bonds is 5. The van der Waals surface area contributed by atoms with E-state index in [9.17, 15) is 20.0 Å². The SMILES string of the molecule is Cc1ccc(C(=O)O)cc1-n1c(C)cc(/C=C(/C#N)C(=O)Nc2cccc(Br)c2)c1C. The third-order valence-electron chi connectivity index (χ3n) is 4.91. The normalized spacial score (nSPS) is 11.1. The zero-order chi connectivity index (χ0) is 22.7. The van der Waals surface area contributed by atoms with E-state index < -0.39 is 11.9 Å². The third kappa shape index (κ3) is 4.76. The van der Waals surface area contributed by atoms with Gasteiger partial charge in [0, 0.05) is 27.2 Å². The highest BCUT2D eigenvalue weighted by Gasteiger charge is 2.16. The Bertz CT molecular complexity index is 1270. The molecule has 3 aromatic rings. The fraction of sp³-hybridized carbons (Fsp3) is 0.125. The number of nitriles is 1. The minimum absolute atomic E-state index is 0.0313. The second kappa shape index (κ2) is 9.02. The van der Waals surface area contributed by atoms with E-state index in [0.717, 1.165) is 27.1 Å². The Hall–Kier alpha value is -3.63. The highest BCUT2D eigenvalue weighted by Crippen LogP contribution is 2.26. The molecule has 0 fully saturated rings. The standard InChI is InChI=1S/C24H20BrN3O3/c1-14-7-8-17(24(30)31)11-22(14)28-15(2)9-18(16(28)3)10-19(13-26)23(29)27-21-6-4-5-20(25)12-21/h4-12H,1-3H3,(H,27,29)(H,30,31)/b19-10-. The van der Waals surface area contributed by atoms with Gasteiger partial charge in [0.05, 0.1) is 5.56 Å². The molecule has 2 aromatic carbocycles. The Labute approximate surface area is 188 Å². The summed E-state index contributed by atoms with van der Waals surface area (Å²) in [5.41, 5.74) is 4.75. The number of carboxylic acids is 1. The molecule has 7 heteroatoms. The molecule has 0 saturated carbocycles. The molecule has 1 heterocycles. The molecular formula is C24H20BrN3O3. The molecule has 1 aromatic heterocycles. The number of benzene rings is 2. The van der Waals surface area contributed by atoms with Crippen LogP contribution in [0.5, 0.6) is 0 Å². The molecule has 3 rings (SSSR count). The first kappa shape index (κ1) is 22.1. The van der Waals surface area contributed by atoms with Gasteiger partial charge in [-0.05, 0) is 74.4 Å². The van der Waals surface area contributed by atoms with Crippen molar-refractivity contribution in [3.8, 4) is 11.8 Å². The van der Waals surface area contributed by atoms with Crippen molar-refractivity contribution < 1.29 is 14.7 Å². The number of aryl methyl sites for hydroxylation is 2. The van der Waals surface area contributed by atoms with Crippen molar-refractivity contribution in [2.75, 3.05) is 5.32 Å². The number of carbonyl (C=O) groups is 2. The van der Waals surface area contributed by atoms with Crippen LogP contribution in [0.4, 0.5) is 5.69 Å². The molecule has 0 unspecified atom stereocenters. The molecule has 0 aliphatic heterocycles. The van der Waals surface area contributed by atoms with Crippen molar-refractivity contribution in [1.29, 1.82) is 5.26 Å². The van der Waals surface area contributed by atoms with Gasteiger partial charge in [-0.3, -0.25) is 4.79 Å². The van der Waals surface area contributed by atoms with Gasteiger partial charge in [-0.1, -0.05) is 28.1 Å². The zero-order valence-corrected chi connectivity index (χ0v) is 18.8. The highest BCUT2D eigenvalue weighted by molar-refractivity contribution is 9.10. The topological polar surface area (TPSA) is 95.1 Å². The van der Waals surface area contributed by atoms with Crippen molar-refractivity contribution in [2.45, 2.75) is 20.8 Å². The molecule has 0 radical (unpaired) electrons. The van der Waals surface area contributed by atoms with Crippen molar-refractivity contribution in [3.63, 3.8) is 0 Å². The smallest absolute Gasteiger partial charge is 0.335 e. The summed E-state index contributed by atoms with van der Waals surface area (Å²) < 4.78 is 2.74. The summed E-state index contributed by atoms with van der Waals surface area (Å²) in [7, 11) is 0. The van der Waals surface area contributed by atoms with Gasteiger partial charge in [0.15, 0.2) is 0 Å². The maximum absolute atomic E-state index is 12.6. The number of aromatic carboxylic acids is 1.